The molecule has 0 amide bonds. The van der Waals surface area contributed by atoms with E-state index in [0.717, 1.165) is 35.9 Å². The summed E-state index contributed by atoms with van der Waals surface area (Å²) < 4.78 is 7.96. The number of hydrogen-bond donors (Lipinski definition) is 0. The predicted octanol–water partition coefficient (Wildman–Crippen LogP) is 4.98. The van der Waals surface area contributed by atoms with Gasteiger partial charge in [-0.05, 0) is 35.3 Å². The SMILES string of the molecule is CN1CC(c2nc(Cl)nc3c2ccn3COCC[Si](C)(C)C)c2ccccc21. The molecule has 0 spiro atoms. The second-order valence-electron chi connectivity index (χ2n) is 8.74. The monoisotopic (exact) mass is 414 g/mol. The molecule has 148 valence electrons. The smallest absolute Gasteiger partial charge is 0.224 e. The highest BCUT2D eigenvalue weighted by atomic mass is 35.5. The number of fused-ring (bicyclic) bond motifs is 2. The van der Waals surface area contributed by atoms with Crippen LogP contribution in [-0.2, 0) is 11.5 Å². The number of nitrogens with zero attached hydrogens (tertiary/aromatic N) is 4. The van der Waals surface area contributed by atoms with Crippen molar-refractivity contribution in [2.75, 3.05) is 25.1 Å². The second kappa shape index (κ2) is 7.50. The summed E-state index contributed by atoms with van der Waals surface area (Å²) in [5, 5.41) is 1.34. The van der Waals surface area contributed by atoms with Crippen LogP contribution in [0.25, 0.3) is 11.0 Å². The molecule has 1 aromatic carbocycles. The fourth-order valence-corrected chi connectivity index (χ4v) is 4.73. The summed E-state index contributed by atoms with van der Waals surface area (Å²) in [6, 6.07) is 11.7. The van der Waals surface area contributed by atoms with Crippen LogP contribution in [0.3, 0.4) is 0 Å². The maximum Gasteiger partial charge on any atom is 0.224 e. The molecule has 0 saturated carbocycles. The number of benzene rings is 1. The molecule has 1 aliphatic heterocycles. The third-order valence-corrected chi connectivity index (χ3v) is 7.23. The van der Waals surface area contributed by atoms with Crippen LogP contribution in [0.2, 0.25) is 31.0 Å². The van der Waals surface area contributed by atoms with Gasteiger partial charge in [-0.15, -0.1) is 0 Å². The molecule has 1 atom stereocenters. The summed E-state index contributed by atoms with van der Waals surface area (Å²) in [5.74, 6) is 0.188. The Morgan fingerprint density at radius 1 is 1.18 bits per heavy atom. The molecule has 2 aromatic heterocycles. The average Bonchev–Trinajstić information content (AvgIpc) is 3.19. The van der Waals surface area contributed by atoms with Gasteiger partial charge in [0.1, 0.15) is 12.4 Å². The number of hydrogen-bond acceptors (Lipinski definition) is 4. The molecule has 4 rings (SSSR count). The normalized spacial score (nSPS) is 16.8. The Labute approximate surface area is 172 Å². The van der Waals surface area contributed by atoms with Crippen molar-refractivity contribution in [1.29, 1.82) is 0 Å². The standard InChI is InChI=1S/C21H27ClN4OSi/c1-25-13-17(15-7-5-6-8-18(15)25)19-16-9-10-26(20(16)24-21(22)23-19)14-27-11-12-28(2,3)4/h5-10,17H,11-14H2,1-4H3. The van der Waals surface area contributed by atoms with Gasteiger partial charge in [0.15, 0.2) is 0 Å². The van der Waals surface area contributed by atoms with Crippen LogP contribution < -0.4 is 4.90 Å². The Morgan fingerprint density at radius 3 is 2.75 bits per heavy atom. The lowest BCUT2D eigenvalue weighted by molar-refractivity contribution is 0.0899. The van der Waals surface area contributed by atoms with Crippen molar-refractivity contribution in [3.63, 3.8) is 0 Å². The lowest BCUT2D eigenvalue weighted by Gasteiger charge is -2.16. The quantitative estimate of drug-likeness (QED) is 0.324. The minimum atomic E-state index is -1.09. The van der Waals surface area contributed by atoms with Crippen LogP contribution in [0.5, 0.6) is 0 Å². The summed E-state index contributed by atoms with van der Waals surface area (Å²) in [6.07, 6.45) is 2.03. The number of likely N-dealkylation sites (N-methyl/N-ethyl adjacent to an activating group) is 1. The lowest BCUT2D eigenvalue weighted by Crippen LogP contribution is -2.22. The summed E-state index contributed by atoms with van der Waals surface area (Å²) in [7, 11) is 1.03. The average molecular weight is 415 g/mol. The van der Waals surface area contributed by atoms with Gasteiger partial charge in [-0.2, -0.15) is 4.98 Å². The molecular weight excluding hydrogens is 388 g/mol. The number of rotatable bonds is 6. The van der Waals surface area contributed by atoms with Gasteiger partial charge in [0.05, 0.1) is 5.69 Å². The van der Waals surface area contributed by atoms with Crippen LogP contribution in [0.1, 0.15) is 17.2 Å². The van der Waals surface area contributed by atoms with E-state index in [4.69, 9.17) is 16.3 Å². The zero-order chi connectivity index (χ0) is 19.9. The summed E-state index contributed by atoms with van der Waals surface area (Å²) >= 11 is 6.33. The van der Waals surface area contributed by atoms with Crippen molar-refractivity contribution in [3.8, 4) is 0 Å². The minimum absolute atomic E-state index is 0.188. The van der Waals surface area contributed by atoms with E-state index in [1.165, 1.54) is 11.3 Å². The van der Waals surface area contributed by atoms with E-state index in [9.17, 15) is 0 Å². The molecule has 28 heavy (non-hydrogen) atoms. The molecule has 0 N–H and O–H groups in total. The van der Waals surface area contributed by atoms with E-state index >= 15 is 0 Å². The molecule has 0 radical (unpaired) electrons. The zero-order valence-corrected chi connectivity index (χ0v) is 18.7. The highest BCUT2D eigenvalue weighted by Gasteiger charge is 2.30. The second-order valence-corrected chi connectivity index (χ2v) is 14.7. The maximum atomic E-state index is 6.33. The third kappa shape index (κ3) is 3.81. The number of anilines is 1. The van der Waals surface area contributed by atoms with Gasteiger partial charge in [-0.1, -0.05) is 37.8 Å². The first-order valence-corrected chi connectivity index (χ1v) is 13.8. The maximum absolute atomic E-state index is 6.33. The predicted molar refractivity (Wildman–Crippen MR) is 118 cm³/mol. The van der Waals surface area contributed by atoms with E-state index in [-0.39, 0.29) is 11.2 Å². The Hall–Kier alpha value is -1.89. The first-order chi connectivity index (χ1) is 13.3. The summed E-state index contributed by atoms with van der Waals surface area (Å²) in [4.78, 5) is 11.4. The minimum Gasteiger partial charge on any atom is -0.373 e. The van der Waals surface area contributed by atoms with E-state index in [2.05, 4.69) is 71.9 Å². The van der Waals surface area contributed by atoms with Gasteiger partial charge in [-0.25, -0.2) is 4.98 Å². The molecule has 0 aliphatic carbocycles. The molecule has 5 nitrogen and oxygen atoms in total. The lowest BCUT2D eigenvalue weighted by atomic mass is 9.96. The van der Waals surface area contributed by atoms with Gasteiger partial charge >= 0.3 is 0 Å². The van der Waals surface area contributed by atoms with Crippen LogP contribution >= 0.6 is 11.6 Å². The van der Waals surface area contributed by atoms with Crippen molar-refractivity contribution in [2.45, 2.75) is 38.3 Å². The van der Waals surface area contributed by atoms with Gasteiger partial charge in [-0.3, -0.25) is 0 Å². The Kier molecular flexibility index (Phi) is 5.20. The number of halogens is 1. The molecule has 1 aliphatic rings. The summed E-state index contributed by atoms with van der Waals surface area (Å²) in [6.45, 7) is 9.23. The van der Waals surface area contributed by atoms with Crippen molar-refractivity contribution in [1.82, 2.24) is 14.5 Å². The van der Waals surface area contributed by atoms with Crippen molar-refractivity contribution in [3.05, 3.63) is 53.1 Å². The molecule has 1 unspecified atom stereocenters. The molecule has 3 aromatic rings. The topological polar surface area (TPSA) is 43.2 Å². The molecular formula is C21H27ClN4OSi. The van der Waals surface area contributed by atoms with Crippen LogP contribution in [0.15, 0.2) is 36.5 Å². The third-order valence-electron chi connectivity index (χ3n) is 5.36. The highest BCUT2D eigenvalue weighted by molar-refractivity contribution is 6.76. The largest absolute Gasteiger partial charge is 0.373 e. The van der Waals surface area contributed by atoms with Gasteiger partial charge in [0, 0.05) is 51.5 Å². The van der Waals surface area contributed by atoms with Crippen LogP contribution in [0, 0.1) is 0 Å². The van der Waals surface area contributed by atoms with E-state index in [0.29, 0.717) is 6.73 Å². The fraction of sp³-hybridized carbons (Fsp3) is 0.429. The van der Waals surface area contributed by atoms with Gasteiger partial charge in [0.2, 0.25) is 5.28 Å². The fourth-order valence-electron chi connectivity index (χ4n) is 3.81. The molecule has 0 fully saturated rings. The first kappa shape index (κ1) is 19.4. The zero-order valence-electron chi connectivity index (χ0n) is 16.9. The van der Waals surface area contributed by atoms with Gasteiger partial charge in [0.25, 0.3) is 0 Å². The van der Waals surface area contributed by atoms with Gasteiger partial charge < -0.3 is 14.2 Å². The molecule has 0 saturated heterocycles. The molecule has 0 bridgehead atoms. The van der Waals surface area contributed by atoms with Crippen LogP contribution in [0.4, 0.5) is 5.69 Å². The molecule has 7 heteroatoms. The first-order valence-electron chi connectivity index (χ1n) is 9.73. The summed E-state index contributed by atoms with van der Waals surface area (Å²) in [5.41, 5.74) is 4.38. The Morgan fingerprint density at radius 2 is 1.96 bits per heavy atom. The number of aromatic nitrogens is 3. The molecule has 3 heterocycles. The van der Waals surface area contributed by atoms with Crippen molar-refractivity contribution >= 4 is 36.4 Å². The van der Waals surface area contributed by atoms with Crippen molar-refractivity contribution < 1.29 is 4.74 Å². The Bertz CT molecular complexity index is 998. The number of ether oxygens (including phenoxy) is 1. The highest BCUT2D eigenvalue weighted by Crippen LogP contribution is 2.40. The van der Waals surface area contributed by atoms with E-state index in [1.807, 2.05) is 10.8 Å². The number of para-hydroxylation sites is 1. The van der Waals surface area contributed by atoms with E-state index < -0.39 is 8.07 Å². The van der Waals surface area contributed by atoms with E-state index in [1.54, 1.807) is 0 Å². The van der Waals surface area contributed by atoms with Crippen molar-refractivity contribution in [2.24, 2.45) is 0 Å². The Balaban J connectivity index is 1.64. The van der Waals surface area contributed by atoms with Crippen LogP contribution in [-0.4, -0.2) is 42.8 Å².